The molecule has 0 aliphatic heterocycles. The van der Waals surface area contributed by atoms with Crippen LogP contribution in [0.3, 0.4) is 0 Å². The minimum absolute atomic E-state index is 0.00416. The van der Waals surface area contributed by atoms with Crippen LogP contribution in [0.25, 0.3) is 0 Å². The lowest BCUT2D eigenvalue weighted by Gasteiger charge is -2.20. The smallest absolute Gasteiger partial charge is 0.121 e. The maximum Gasteiger partial charge on any atom is 0.121 e. The number of aryl methyl sites for hydroxylation is 1. The summed E-state index contributed by atoms with van der Waals surface area (Å²) in [7, 11) is 1.68. The van der Waals surface area contributed by atoms with Crippen molar-refractivity contribution in [2.75, 3.05) is 12.4 Å². The highest BCUT2D eigenvalue weighted by Crippen LogP contribution is 2.31. The van der Waals surface area contributed by atoms with Gasteiger partial charge >= 0.3 is 0 Å². The van der Waals surface area contributed by atoms with Crippen LogP contribution in [-0.2, 0) is 11.3 Å². The van der Waals surface area contributed by atoms with Gasteiger partial charge in [-0.3, -0.25) is 0 Å². The molecule has 2 rings (SSSR count). The van der Waals surface area contributed by atoms with Gasteiger partial charge in [0.25, 0.3) is 0 Å². The van der Waals surface area contributed by atoms with Gasteiger partial charge in [0, 0.05) is 28.4 Å². The van der Waals surface area contributed by atoms with Crippen LogP contribution >= 0.6 is 15.9 Å². The largest absolute Gasteiger partial charge is 0.508 e. The van der Waals surface area contributed by atoms with Gasteiger partial charge in [0.05, 0.1) is 12.6 Å². The van der Waals surface area contributed by atoms with Gasteiger partial charge in [0.2, 0.25) is 0 Å². The summed E-state index contributed by atoms with van der Waals surface area (Å²) in [6.45, 7) is 4.52. The van der Waals surface area contributed by atoms with Crippen molar-refractivity contribution >= 4 is 21.6 Å². The Kier molecular flexibility index (Phi) is 5.26. The van der Waals surface area contributed by atoms with Crippen molar-refractivity contribution < 1.29 is 9.84 Å². The molecular weight excluding hydrogens is 330 g/mol. The molecule has 2 N–H and O–H groups in total. The summed E-state index contributed by atoms with van der Waals surface area (Å²) in [5, 5.41) is 13.5. The van der Waals surface area contributed by atoms with Crippen LogP contribution in [0.15, 0.2) is 40.9 Å². The van der Waals surface area contributed by atoms with Crippen LogP contribution < -0.4 is 5.32 Å². The third kappa shape index (κ3) is 3.77. The number of rotatable bonds is 5. The summed E-state index contributed by atoms with van der Waals surface area (Å²) in [4.78, 5) is 0. The zero-order valence-corrected chi connectivity index (χ0v) is 14.1. The van der Waals surface area contributed by atoms with Gasteiger partial charge in [0.1, 0.15) is 5.75 Å². The van der Waals surface area contributed by atoms with Crippen LogP contribution in [0.1, 0.15) is 29.7 Å². The monoisotopic (exact) mass is 349 g/mol. The van der Waals surface area contributed by atoms with Crippen LogP contribution in [0.4, 0.5) is 5.69 Å². The zero-order chi connectivity index (χ0) is 15.4. The zero-order valence-electron chi connectivity index (χ0n) is 12.5. The molecule has 0 saturated heterocycles. The topological polar surface area (TPSA) is 41.5 Å². The van der Waals surface area contributed by atoms with Crippen molar-refractivity contribution in [2.45, 2.75) is 26.5 Å². The summed E-state index contributed by atoms with van der Waals surface area (Å²) in [5.41, 5.74) is 3.99. The molecular formula is C17H20BrNO2. The molecule has 4 heteroatoms. The van der Waals surface area contributed by atoms with Gasteiger partial charge < -0.3 is 15.2 Å². The van der Waals surface area contributed by atoms with E-state index in [0.29, 0.717) is 12.4 Å². The van der Waals surface area contributed by atoms with Crippen LogP contribution in [0.5, 0.6) is 5.75 Å². The van der Waals surface area contributed by atoms with E-state index in [2.05, 4.69) is 21.2 Å². The normalized spacial score (nSPS) is 12.2. The molecule has 0 aliphatic rings. The van der Waals surface area contributed by atoms with E-state index in [9.17, 15) is 5.11 Å². The summed E-state index contributed by atoms with van der Waals surface area (Å²) in [6.07, 6.45) is 0. The highest BCUT2D eigenvalue weighted by Gasteiger charge is 2.13. The molecule has 0 fully saturated rings. The first-order valence-electron chi connectivity index (χ1n) is 6.85. The maximum absolute atomic E-state index is 10.1. The number of phenolic OH excluding ortho intramolecular Hbond substituents is 1. The fourth-order valence-corrected chi connectivity index (χ4v) is 2.80. The first kappa shape index (κ1) is 15.9. The molecule has 0 saturated carbocycles. The molecule has 0 amide bonds. The predicted molar refractivity (Wildman–Crippen MR) is 89.7 cm³/mol. The lowest BCUT2D eigenvalue weighted by molar-refractivity contribution is 0.185. The first-order chi connectivity index (χ1) is 10.0. The molecule has 0 bridgehead atoms. The number of nitrogens with one attached hydrogen (secondary N) is 1. The third-order valence-electron chi connectivity index (χ3n) is 3.43. The fraction of sp³-hybridized carbons (Fsp3) is 0.294. The summed E-state index contributed by atoms with van der Waals surface area (Å²) in [5.74, 6) is 0.318. The van der Waals surface area contributed by atoms with Crippen molar-refractivity contribution in [3.05, 3.63) is 57.6 Å². The Morgan fingerprint density at radius 3 is 2.71 bits per heavy atom. The number of halogens is 1. The van der Waals surface area contributed by atoms with E-state index in [1.165, 1.54) is 0 Å². The third-order valence-corrected chi connectivity index (χ3v) is 4.17. The Labute approximate surface area is 134 Å². The number of anilines is 1. The molecule has 0 radical (unpaired) electrons. The summed E-state index contributed by atoms with van der Waals surface area (Å²) < 4.78 is 6.27. The lowest BCUT2D eigenvalue weighted by Crippen LogP contribution is -2.09. The maximum atomic E-state index is 10.1. The quantitative estimate of drug-likeness (QED) is 0.815. The number of benzene rings is 2. The number of hydrogen-bond donors (Lipinski definition) is 2. The van der Waals surface area contributed by atoms with Crippen molar-refractivity contribution in [2.24, 2.45) is 0 Å². The second-order valence-electron chi connectivity index (χ2n) is 5.13. The van der Waals surface area contributed by atoms with E-state index in [1.807, 2.05) is 44.2 Å². The molecule has 0 spiro atoms. The SMILES string of the molecule is COCc1c(Br)cccc1NC(C)c1ccc(C)cc1O. The number of hydrogen-bond acceptors (Lipinski definition) is 3. The van der Waals surface area contributed by atoms with Gasteiger partial charge in [-0.15, -0.1) is 0 Å². The fourth-order valence-electron chi connectivity index (χ4n) is 2.32. The molecule has 3 nitrogen and oxygen atoms in total. The Balaban J connectivity index is 2.27. The number of methoxy groups -OCH3 is 1. The molecule has 1 atom stereocenters. The highest BCUT2D eigenvalue weighted by atomic mass is 79.9. The molecule has 2 aromatic rings. The number of phenols is 1. The minimum atomic E-state index is -0.00416. The Morgan fingerprint density at radius 2 is 2.05 bits per heavy atom. The van der Waals surface area contributed by atoms with Crippen molar-refractivity contribution in [3.8, 4) is 5.75 Å². The van der Waals surface area contributed by atoms with E-state index in [-0.39, 0.29) is 6.04 Å². The van der Waals surface area contributed by atoms with Crippen LogP contribution in [-0.4, -0.2) is 12.2 Å². The predicted octanol–water partition coefficient (Wildman–Crippen LogP) is 4.78. The second-order valence-corrected chi connectivity index (χ2v) is 5.98. The van der Waals surface area contributed by atoms with E-state index in [1.54, 1.807) is 13.2 Å². The number of ether oxygens (including phenoxy) is 1. The van der Waals surface area contributed by atoms with Gasteiger partial charge in [-0.05, 0) is 37.6 Å². The van der Waals surface area contributed by atoms with E-state index in [4.69, 9.17) is 4.74 Å². The Bertz CT molecular complexity index is 628. The molecule has 21 heavy (non-hydrogen) atoms. The van der Waals surface area contributed by atoms with Crippen molar-refractivity contribution in [3.63, 3.8) is 0 Å². The van der Waals surface area contributed by atoms with Crippen LogP contribution in [0.2, 0.25) is 0 Å². The average Bonchev–Trinajstić information content (AvgIpc) is 2.42. The van der Waals surface area contributed by atoms with Gasteiger partial charge in [0.15, 0.2) is 0 Å². The number of aromatic hydroxyl groups is 1. The Morgan fingerprint density at radius 1 is 1.29 bits per heavy atom. The minimum Gasteiger partial charge on any atom is -0.508 e. The molecule has 0 heterocycles. The van der Waals surface area contributed by atoms with Gasteiger partial charge in [-0.1, -0.05) is 34.1 Å². The standard InChI is InChI=1S/C17H20BrNO2/c1-11-7-8-13(17(20)9-11)12(2)19-16-6-4-5-15(18)14(16)10-21-3/h4-9,12,19-20H,10H2,1-3H3. The van der Waals surface area contributed by atoms with E-state index >= 15 is 0 Å². The molecule has 2 aromatic carbocycles. The molecule has 0 aromatic heterocycles. The lowest BCUT2D eigenvalue weighted by atomic mass is 10.0. The summed E-state index contributed by atoms with van der Waals surface area (Å²) >= 11 is 3.55. The molecule has 0 aliphatic carbocycles. The second kappa shape index (κ2) is 6.96. The van der Waals surface area contributed by atoms with E-state index in [0.717, 1.165) is 26.9 Å². The van der Waals surface area contributed by atoms with Gasteiger partial charge in [-0.25, -0.2) is 0 Å². The van der Waals surface area contributed by atoms with E-state index < -0.39 is 0 Å². The molecule has 1 unspecified atom stereocenters. The van der Waals surface area contributed by atoms with Crippen LogP contribution in [0, 0.1) is 6.92 Å². The highest BCUT2D eigenvalue weighted by molar-refractivity contribution is 9.10. The Hall–Kier alpha value is -1.52. The van der Waals surface area contributed by atoms with Crippen molar-refractivity contribution in [1.82, 2.24) is 0 Å². The van der Waals surface area contributed by atoms with Gasteiger partial charge in [-0.2, -0.15) is 0 Å². The van der Waals surface area contributed by atoms with Crippen molar-refractivity contribution in [1.29, 1.82) is 0 Å². The molecule has 112 valence electrons. The summed E-state index contributed by atoms with van der Waals surface area (Å²) in [6, 6.07) is 11.7. The first-order valence-corrected chi connectivity index (χ1v) is 7.64. The average molecular weight is 350 g/mol.